The summed E-state index contributed by atoms with van der Waals surface area (Å²) in [5.74, 6) is -0.164. The maximum absolute atomic E-state index is 10.5. The van der Waals surface area contributed by atoms with E-state index in [4.69, 9.17) is 5.73 Å². The first-order valence-corrected chi connectivity index (χ1v) is 8.70. The Morgan fingerprint density at radius 3 is 1.67 bits per heavy atom. The molecule has 0 saturated heterocycles. The molecule has 0 saturated carbocycles. The van der Waals surface area contributed by atoms with Crippen LogP contribution < -0.4 is 5.73 Å². The summed E-state index contributed by atoms with van der Waals surface area (Å²) in [6, 6.07) is 0. The third kappa shape index (κ3) is 22.3. The number of carbonyl (C=O) groups excluding carboxylic acids is 1. The van der Waals surface area contributed by atoms with Crippen molar-refractivity contribution < 1.29 is 26.5 Å². The predicted molar refractivity (Wildman–Crippen MR) is 88.6 cm³/mol. The van der Waals surface area contributed by atoms with Crippen LogP contribution in [0.3, 0.4) is 0 Å². The zero-order valence-electron chi connectivity index (χ0n) is 14.0. The molecule has 0 fully saturated rings. The average Bonchev–Trinajstić information content (AvgIpc) is 2.43. The standard InChI is InChI=1S/C18H35NO.Ti/c1-2-3-4-5-6-7-8-9-10-11-12-13-14-15-16-17-18(19)20;/h9-10H,2-8,11-17H2,1H3,(H2,19,20);/b10-9-;. The van der Waals surface area contributed by atoms with Gasteiger partial charge in [0.15, 0.2) is 0 Å². The van der Waals surface area contributed by atoms with Gasteiger partial charge in [0, 0.05) is 28.1 Å². The third-order valence-corrected chi connectivity index (χ3v) is 3.68. The number of unbranched alkanes of at least 4 members (excludes halogenated alkanes) is 11. The first-order chi connectivity index (χ1) is 9.77. The zero-order valence-corrected chi connectivity index (χ0v) is 15.6. The summed E-state index contributed by atoms with van der Waals surface area (Å²) in [6.45, 7) is 2.26. The van der Waals surface area contributed by atoms with Crippen LogP contribution in [-0.4, -0.2) is 5.91 Å². The smallest absolute Gasteiger partial charge is 0.217 e. The topological polar surface area (TPSA) is 43.1 Å². The number of amides is 1. The van der Waals surface area contributed by atoms with Crippen LogP contribution in [0.4, 0.5) is 0 Å². The number of allylic oxidation sites excluding steroid dienone is 2. The third-order valence-electron chi connectivity index (χ3n) is 3.68. The summed E-state index contributed by atoms with van der Waals surface area (Å²) >= 11 is 0. The molecule has 0 aromatic rings. The molecule has 0 heterocycles. The Kier molecular flexibility index (Phi) is 22.0. The van der Waals surface area contributed by atoms with Crippen molar-refractivity contribution >= 4 is 5.91 Å². The van der Waals surface area contributed by atoms with E-state index in [2.05, 4.69) is 19.1 Å². The van der Waals surface area contributed by atoms with Crippen molar-refractivity contribution in [2.24, 2.45) is 5.73 Å². The van der Waals surface area contributed by atoms with Crippen LogP contribution in [0.25, 0.3) is 0 Å². The van der Waals surface area contributed by atoms with Crippen molar-refractivity contribution in [1.29, 1.82) is 0 Å². The van der Waals surface area contributed by atoms with Crippen molar-refractivity contribution in [2.75, 3.05) is 0 Å². The van der Waals surface area contributed by atoms with E-state index in [9.17, 15) is 4.79 Å². The Morgan fingerprint density at radius 1 is 0.762 bits per heavy atom. The summed E-state index contributed by atoms with van der Waals surface area (Å²) in [6.07, 6.45) is 21.9. The van der Waals surface area contributed by atoms with Gasteiger partial charge in [0.2, 0.25) is 5.91 Å². The minimum Gasteiger partial charge on any atom is -0.370 e. The number of hydrogen-bond donors (Lipinski definition) is 1. The molecule has 0 aromatic heterocycles. The largest absolute Gasteiger partial charge is 0.370 e. The quantitative estimate of drug-likeness (QED) is 0.240. The molecule has 21 heavy (non-hydrogen) atoms. The van der Waals surface area contributed by atoms with E-state index in [0.29, 0.717) is 6.42 Å². The molecular formula is C18H35NOTi. The zero-order chi connectivity index (χ0) is 14.9. The van der Waals surface area contributed by atoms with Crippen molar-refractivity contribution in [2.45, 2.75) is 96.8 Å². The molecule has 2 nitrogen and oxygen atoms in total. The SMILES string of the molecule is CCCCCCCC/C=C\CCCCCCCC(N)=O.[Ti]. The Labute approximate surface area is 147 Å². The molecule has 0 spiro atoms. The van der Waals surface area contributed by atoms with Gasteiger partial charge < -0.3 is 5.73 Å². The van der Waals surface area contributed by atoms with Gasteiger partial charge in [-0.05, 0) is 32.1 Å². The van der Waals surface area contributed by atoms with E-state index in [0.717, 1.165) is 12.8 Å². The number of hydrogen-bond acceptors (Lipinski definition) is 1. The Hall–Kier alpha value is -0.0757. The van der Waals surface area contributed by atoms with Crippen molar-refractivity contribution in [3.63, 3.8) is 0 Å². The molecule has 2 N–H and O–H groups in total. The first kappa shape index (κ1) is 23.2. The van der Waals surface area contributed by atoms with Gasteiger partial charge in [-0.1, -0.05) is 70.4 Å². The molecule has 0 radical (unpaired) electrons. The molecule has 0 unspecified atom stereocenters. The second-order valence-electron chi connectivity index (χ2n) is 5.80. The van der Waals surface area contributed by atoms with Gasteiger partial charge in [0.1, 0.15) is 0 Å². The van der Waals surface area contributed by atoms with E-state index < -0.39 is 0 Å². The van der Waals surface area contributed by atoms with Gasteiger partial charge in [0.25, 0.3) is 0 Å². The van der Waals surface area contributed by atoms with Crippen molar-refractivity contribution in [3.8, 4) is 0 Å². The van der Waals surface area contributed by atoms with Gasteiger partial charge in [-0.25, -0.2) is 0 Å². The van der Waals surface area contributed by atoms with Crippen LogP contribution in [-0.2, 0) is 26.5 Å². The van der Waals surface area contributed by atoms with E-state index in [1.807, 2.05) is 0 Å². The van der Waals surface area contributed by atoms with Gasteiger partial charge in [-0.3, -0.25) is 4.79 Å². The normalized spacial score (nSPS) is 10.7. The minimum absolute atomic E-state index is 0. The molecular weight excluding hydrogens is 294 g/mol. The summed E-state index contributed by atoms with van der Waals surface area (Å²) in [4.78, 5) is 10.5. The fourth-order valence-corrected chi connectivity index (χ4v) is 2.37. The van der Waals surface area contributed by atoms with E-state index in [1.54, 1.807) is 0 Å². The first-order valence-electron chi connectivity index (χ1n) is 8.70. The summed E-state index contributed by atoms with van der Waals surface area (Å²) in [7, 11) is 0. The Bertz CT molecular complexity index is 241. The summed E-state index contributed by atoms with van der Waals surface area (Å²) in [5, 5.41) is 0. The second-order valence-corrected chi connectivity index (χ2v) is 5.80. The van der Waals surface area contributed by atoms with Crippen molar-refractivity contribution in [3.05, 3.63) is 12.2 Å². The number of nitrogens with two attached hydrogens (primary N) is 1. The molecule has 3 heteroatoms. The van der Waals surface area contributed by atoms with Gasteiger partial charge in [-0.2, -0.15) is 0 Å². The summed E-state index contributed by atoms with van der Waals surface area (Å²) < 4.78 is 0. The Morgan fingerprint density at radius 2 is 1.19 bits per heavy atom. The molecule has 1 amide bonds. The van der Waals surface area contributed by atoms with E-state index >= 15 is 0 Å². The molecule has 0 atom stereocenters. The number of rotatable bonds is 15. The fourth-order valence-electron chi connectivity index (χ4n) is 2.37. The molecule has 0 aliphatic heterocycles. The van der Waals surface area contributed by atoms with Gasteiger partial charge in [-0.15, -0.1) is 0 Å². The van der Waals surface area contributed by atoms with Crippen LogP contribution >= 0.6 is 0 Å². The van der Waals surface area contributed by atoms with Gasteiger partial charge >= 0.3 is 0 Å². The molecule has 0 bridgehead atoms. The van der Waals surface area contributed by atoms with Crippen LogP contribution in [0.15, 0.2) is 12.2 Å². The van der Waals surface area contributed by atoms with Crippen LogP contribution in [0, 0.1) is 0 Å². The number of carbonyl (C=O) groups is 1. The molecule has 0 aliphatic carbocycles. The van der Waals surface area contributed by atoms with E-state index in [-0.39, 0.29) is 27.6 Å². The molecule has 0 rings (SSSR count). The molecule has 0 aromatic carbocycles. The van der Waals surface area contributed by atoms with Crippen LogP contribution in [0.1, 0.15) is 96.8 Å². The summed E-state index contributed by atoms with van der Waals surface area (Å²) in [5.41, 5.74) is 5.10. The monoisotopic (exact) mass is 329 g/mol. The number of primary amides is 1. The predicted octanol–water partition coefficient (Wildman–Crippen LogP) is 5.51. The van der Waals surface area contributed by atoms with Crippen molar-refractivity contribution in [1.82, 2.24) is 0 Å². The maximum Gasteiger partial charge on any atom is 0.217 e. The second kappa shape index (κ2) is 19.9. The Balaban J connectivity index is 0. The average molecular weight is 329 g/mol. The van der Waals surface area contributed by atoms with E-state index in [1.165, 1.54) is 70.6 Å². The minimum atomic E-state index is -0.164. The van der Waals surface area contributed by atoms with Crippen LogP contribution in [0.5, 0.6) is 0 Å². The van der Waals surface area contributed by atoms with Gasteiger partial charge in [0.05, 0.1) is 0 Å². The fraction of sp³-hybridized carbons (Fsp3) is 0.833. The molecule has 122 valence electrons. The van der Waals surface area contributed by atoms with Crippen LogP contribution in [0.2, 0.25) is 0 Å². The maximum atomic E-state index is 10.5. The molecule has 0 aliphatic rings.